The molecule has 0 saturated heterocycles. The molecule has 2 aliphatic rings. The van der Waals surface area contributed by atoms with E-state index in [4.69, 9.17) is 17.3 Å². The van der Waals surface area contributed by atoms with Gasteiger partial charge in [-0.25, -0.2) is 0 Å². The molecule has 21 heavy (non-hydrogen) atoms. The van der Waals surface area contributed by atoms with Gasteiger partial charge in [-0.15, -0.1) is 0 Å². The van der Waals surface area contributed by atoms with Crippen LogP contribution in [0.3, 0.4) is 0 Å². The maximum Gasteiger partial charge on any atom is 0.250 e. The van der Waals surface area contributed by atoms with Crippen molar-refractivity contribution in [2.45, 2.75) is 25.7 Å². The van der Waals surface area contributed by atoms with Gasteiger partial charge in [0.1, 0.15) is 0 Å². The first kappa shape index (κ1) is 14.1. The van der Waals surface area contributed by atoms with E-state index in [2.05, 4.69) is 5.32 Å². The summed E-state index contributed by atoms with van der Waals surface area (Å²) in [7, 11) is 0. The first-order valence-corrected chi connectivity index (χ1v) is 7.54. The van der Waals surface area contributed by atoms with E-state index >= 15 is 0 Å². The number of amides is 2. The first-order chi connectivity index (χ1) is 10.0. The smallest absolute Gasteiger partial charge is 0.250 e. The van der Waals surface area contributed by atoms with E-state index in [1.807, 2.05) is 0 Å². The number of nitrogens with two attached hydrogens (primary N) is 1. The van der Waals surface area contributed by atoms with Crippen LogP contribution in [0.1, 0.15) is 36.0 Å². The fraction of sp³-hybridized carbons (Fsp3) is 0.375. The van der Waals surface area contributed by atoms with Crippen molar-refractivity contribution < 1.29 is 9.59 Å². The molecular formula is C16H17ClN2O2. The fourth-order valence-electron chi connectivity index (χ4n) is 2.55. The molecule has 0 radical (unpaired) electrons. The quantitative estimate of drug-likeness (QED) is 0.820. The topological polar surface area (TPSA) is 72.2 Å². The van der Waals surface area contributed by atoms with E-state index in [-0.39, 0.29) is 11.5 Å². The summed E-state index contributed by atoms with van der Waals surface area (Å²) in [5.41, 5.74) is 7.21. The highest BCUT2D eigenvalue weighted by Crippen LogP contribution is 2.48. The Bertz CT molecular complexity index is 617. The van der Waals surface area contributed by atoms with E-state index in [0.29, 0.717) is 22.5 Å². The summed E-state index contributed by atoms with van der Waals surface area (Å²) in [5, 5.41) is 3.15. The third-order valence-electron chi connectivity index (χ3n) is 3.90. The predicted octanol–water partition coefficient (Wildman–Crippen LogP) is 3.12. The Balaban J connectivity index is 1.78. The van der Waals surface area contributed by atoms with E-state index in [1.54, 1.807) is 18.2 Å². The zero-order valence-electron chi connectivity index (χ0n) is 11.6. The summed E-state index contributed by atoms with van der Waals surface area (Å²) < 4.78 is 0. The van der Waals surface area contributed by atoms with Gasteiger partial charge >= 0.3 is 0 Å². The molecule has 1 aromatic carbocycles. The Labute approximate surface area is 128 Å². The number of hydrogen-bond donors (Lipinski definition) is 2. The van der Waals surface area contributed by atoms with Crippen molar-refractivity contribution in [1.29, 1.82) is 0 Å². The maximum absolute atomic E-state index is 12.2. The van der Waals surface area contributed by atoms with E-state index < -0.39 is 5.91 Å². The summed E-state index contributed by atoms with van der Waals surface area (Å²) in [6.45, 7) is 0. The molecule has 2 fully saturated rings. The van der Waals surface area contributed by atoms with Crippen LogP contribution in [0.25, 0.3) is 0 Å². The number of allylic oxidation sites excluding steroid dienone is 1. The van der Waals surface area contributed by atoms with Crippen LogP contribution in [0.15, 0.2) is 29.8 Å². The van der Waals surface area contributed by atoms with E-state index in [1.165, 1.54) is 37.3 Å². The van der Waals surface area contributed by atoms with Gasteiger partial charge in [0.2, 0.25) is 5.91 Å². The van der Waals surface area contributed by atoms with Crippen molar-refractivity contribution in [1.82, 2.24) is 0 Å². The van der Waals surface area contributed by atoms with Crippen LogP contribution in [-0.2, 0) is 4.79 Å². The van der Waals surface area contributed by atoms with Crippen molar-refractivity contribution in [2.75, 3.05) is 5.32 Å². The molecule has 0 spiro atoms. The zero-order chi connectivity index (χ0) is 15.0. The molecule has 3 rings (SSSR count). The summed E-state index contributed by atoms with van der Waals surface area (Å²) in [5.74, 6) is 0.364. The average molecular weight is 305 g/mol. The zero-order valence-corrected chi connectivity index (χ0v) is 12.3. The van der Waals surface area contributed by atoms with Crippen LogP contribution in [0.2, 0.25) is 5.02 Å². The summed E-state index contributed by atoms with van der Waals surface area (Å²) in [4.78, 5) is 23.6. The molecule has 0 aromatic heterocycles. The molecule has 1 aromatic rings. The molecule has 5 heteroatoms. The van der Waals surface area contributed by atoms with Gasteiger partial charge in [-0.1, -0.05) is 17.2 Å². The molecule has 0 atom stereocenters. The molecule has 2 amide bonds. The van der Waals surface area contributed by atoms with Gasteiger partial charge in [0.25, 0.3) is 5.91 Å². The molecule has 0 bridgehead atoms. The minimum Gasteiger partial charge on any atom is -0.366 e. The number of nitrogens with one attached hydrogen (secondary N) is 1. The number of rotatable bonds is 5. The average Bonchev–Trinajstić information content (AvgIpc) is 3.30. The lowest BCUT2D eigenvalue weighted by molar-refractivity contribution is -0.112. The second-order valence-electron chi connectivity index (χ2n) is 5.74. The van der Waals surface area contributed by atoms with Crippen LogP contribution in [0.5, 0.6) is 0 Å². The summed E-state index contributed by atoms with van der Waals surface area (Å²) in [6.07, 6.45) is 6.44. The molecule has 4 nitrogen and oxygen atoms in total. The number of primary amides is 1. The highest BCUT2D eigenvalue weighted by Gasteiger charge is 2.36. The Kier molecular flexibility index (Phi) is 3.72. The molecule has 3 N–H and O–H groups in total. The molecule has 110 valence electrons. The Hall–Kier alpha value is -1.81. The Morgan fingerprint density at radius 3 is 2.33 bits per heavy atom. The summed E-state index contributed by atoms with van der Waals surface area (Å²) in [6, 6.07) is 4.68. The number of hydrogen-bond acceptors (Lipinski definition) is 2. The van der Waals surface area contributed by atoms with E-state index in [9.17, 15) is 9.59 Å². The standard InChI is InChI=1S/C16H17ClN2O2/c17-11-5-6-14(13(7-11)16(18)21)19-15(20)8-12(9-1-2-9)10-3-4-10/h5-10H,1-4H2,(H2,18,21)(H,19,20). The maximum atomic E-state index is 12.2. The van der Waals surface area contributed by atoms with Gasteiger partial charge in [0, 0.05) is 11.1 Å². The van der Waals surface area contributed by atoms with Gasteiger partial charge in [-0.2, -0.15) is 0 Å². The minimum atomic E-state index is -0.610. The van der Waals surface area contributed by atoms with Crippen molar-refractivity contribution in [3.63, 3.8) is 0 Å². The van der Waals surface area contributed by atoms with Crippen LogP contribution in [-0.4, -0.2) is 11.8 Å². The third kappa shape index (κ3) is 3.45. The lowest BCUT2D eigenvalue weighted by Crippen LogP contribution is -2.17. The number of halogens is 1. The van der Waals surface area contributed by atoms with Gasteiger partial charge in [0.05, 0.1) is 11.3 Å². The number of carbonyl (C=O) groups is 2. The SMILES string of the molecule is NC(=O)c1cc(Cl)ccc1NC(=O)C=C(C1CC1)C1CC1. The van der Waals surface area contributed by atoms with Crippen molar-refractivity contribution in [2.24, 2.45) is 17.6 Å². The van der Waals surface area contributed by atoms with Crippen molar-refractivity contribution in [3.8, 4) is 0 Å². The monoisotopic (exact) mass is 304 g/mol. The lowest BCUT2D eigenvalue weighted by atomic mass is 10.1. The molecule has 2 aliphatic carbocycles. The second-order valence-corrected chi connectivity index (χ2v) is 6.17. The third-order valence-corrected chi connectivity index (χ3v) is 4.14. The molecule has 0 unspecified atom stereocenters. The van der Waals surface area contributed by atoms with Crippen molar-refractivity contribution >= 4 is 29.1 Å². The van der Waals surface area contributed by atoms with Crippen LogP contribution in [0.4, 0.5) is 5.69 Å². The van der Waals surface area contributed by atoms with Gasteiger partial charge in [0.15, 0.2) is 0 Å². The van der Waals surface area contributed by atoms with Gasteiger partial charge in [-0.05, 0) is 55.7 Å². The molecular weight excluding hydrogens is 288 g/mol. The van der Waals surface area contributed by atoms with Crippen LogP contribution < -0.4 is 11.1 Å². The highest BCUT2D eigenvalue weighted by atomic mass is 35.5. The number of anilines is 1. The number of benzene rings is 1. The molecule has 2 saturated carbocycles. The van der Waals surface area contributed by atoms with Gasteiger partial charge in [-0.3, -0.25) is 9.59 Å². The fourth-order valence-corrected chi connectivity index (χ4v) is 2.72. The minimum absolute atomic E-state index is 0.200. The molecule has 0 aliphatic heterocycles. The predicted molar refractivity (Wildman–Crippen MR) is 82.1 cm³/mol. The normalized spacial score (nSPS) is 17.2. The Morgan fingerprint density at radius 1 is 1.19 bits per heavy atom. The summed E-state index contributed by atoms with van der Waals surface area (Å²) >= 11 is 5.85. The highest BCUT2D eigenvalue weighted by molar-refractivity contribution is 6.31. The Morgan fingerprint density at radius 2 is 1.81 bits per heavy atom. The van der Waals surface area contributed by atoms with E-state index in [0.717, 1.165) is 0 Å². The first-order valence-electron chi connectivity index (χ1n) is 7.16. The van der Waals surface area contributed by atoms with Gasteiger partial charge < -0.3 is 11.1 Å². The largest absolute Gasteiger partial charge is 0.366 e. The lowest BCUT2D eigenvalue weighted by Gasteiger charge is -2.09. The molecule has 0 heterocycles. The van der Waals surface area contributed by atoms with Crippen molar-refractivity contribution in [3.05, 3.63) is 40.4 Å². The van der Waals surface area contributed by atoms with Crippen LogP contribution in [0, 0.1) is 11.8 Å². The van der Waals surface area contributed by atoms with Crippen LogP contribution >= 0.6 is 11.6 Å². The number of carbonyl (C=O) groups excluding carboxylic acids is 2. The second kappa shape index (κ2) is 5.53.